The molecule has 0 fully saturated rings. The zero-order chi connectivity index (χ0) is 13.1. The van der Waals surface area contributed by atoms with E-state index in [2.05, 4.69) is 5.32 Å². The smallest absolute Gasteiger partial charge is 0.166 e. The second-order valence-electron chi connectivity index (χ2n) is 4.28. The summed E-state index contributed by atoms with van der Waals surface area (Å²) in [4.78, 5) is 0. The van der Waals surface area contributed by atoms with Crippen molar-refractivity contribution in [2.45, 2.75) is 13.5 Å². The zero-order valence-electron chi connectivity index (χ0n) is 10.4. The van der Waals surface area contributed by atoms with Crippen molar-refractivity contribution in [1.82, 2.24) is 5.32 Å². The molecule has 1 nitrogen and oxygen atoms in total. The number of aryl methyl sites for hydroxylation is 1. The first-order chi connectivity index (χ1) is 8.63. The van der Waals surface area contributed by atoms with Gasteiger partial charge in [0.1, 0.15) is 0 Å². The molecule has 0 aliphatic carbocycles. The Morgan fingerprint density at radius 1 is 1.06 bits per heavy atom. The van der Waals surface area contributed by atoms with Crippen LogP contribution in [0.2, 0.25) is 0 Å². The van der Waals surface area contributed by atoms with Gasteiger partial charge in [0.2, 0.25) is 0 Å². The van der Waals surface area contributed by atoms with Crippen LogP contribution in [0.1, 0.15) is 11.1 Å². The van der Waals surface area contributed by atoms with Gasteiger partial charge in [0.15, 0.2) is 11.6 Å². The van der Waals surface area contributed by atoms with Crippen LogP contribution in [0.3, 0.4) is 0 Å². The minimum Gasteiger partial charge on any atom is -0.316 e. The van der Waals surface area contributed by atoms with Gasteiger partial charge < -0.3 is 5.32 Å². The number of hydrogen-bond donors (Lipinski definition) is 1. The molecule has 2 aromatic rings. The van der Waals surface area contributed by atoms with Gasteiger partial charge in [-0.15, -0.1) is 0 Å². The van der Waals surface area contributed by atoms with Crippen LogP contribution in [0.5, 0.6) is 0 Å². The van der Waals surface area contributed by atoms with Crippen molar-refractivity contribution in [3.05, 3.63) is 59.2 Å². The van der Waals surface area contributed by atoms with Crippen molar-refractivity contribution < 1.29 is 8.78 Å². The molecule has 1 N–H and O–H groups in total. The Kier molecular flexibility index (Phi) is 3.72. The Balaban J connectivity index is 2.55. The third-order valence-electron chi connectivity index (χ3n) is 2.92. The van der Waals surface area contributed by atoms with E-state index >= 15 is 0 Å². The highest BCUT2D eigenvalue weighted by Crippen LogP contribution is 2.28. The van der Waals surface area contributed by atoms with Gasteiger partial charge in [-0.3, -0.25) is 0 Å². The van der Waals surface area contributed by atoms with Crippen LogP contribution in [0.4, 0.5) is 8.78 Å². The zero-order valence-corrected chi connectivity index (χ0v) is 10.4. The maximum Gasteiger partial charge on any atom is 0.166 e. The Bertz CT molecular complexity index is 564. The summed E-state index contributed by atoms with van der Waals surface area (Å²) in [5.74, 6) is -1.60. The average molecular weight is 247 g/mol. The highest BCUT2D eigenvalue weighted by atomic mass is 19.2. The second-order valence-corrected chi connectivity index (χ2v) is 4.28. The van der Waals surface area contributed by atoms with Crippen LogP contribution in [0.25, 0.3) is 11.1 Å². The highest BCUT2D eigenvalue weighted by molar-refractivity contribution is 5.68. The molecule has 0 bridgehead atoms. The highest BCUT2D eigenvalue weighted by Gasteiger charge is 2.11. The van der Waals surface area contributed by atoms with Crippen molar-refractivity contribution in [1.29, 1.82) is 0 Å². The van der Waals surface area contributed by atoms with E-state index in [0.717, 1.165) is 22.8 Å². The lowest BCUT2D eigenvalue weighted by atomic mass is 9.97. The van der Waals surface area contributed by atoms with Gasteiger partial charge in [0.05, 0.1) is 0 Å². The van der Waals surface area contributed by atoms with Gasteiger partial charge >= 0.3 is 0 Å². The van der Waals surface area contributed by atoms with Gasteiger partial charge in [-0.05, 0) is 42.8 Å². The Hall–Kier alpha value is -1.74. The SMILES string of the molecule is CNCc1ccc(C)c(-c2cccc(F)c2F)c1. The summed E-state index contributed by atoms with van der Waals surface area (Å²) >= 11 is 0. The Morgan fingerprint density at radius 3 is 2.56 bits per heavy atom. The lowest BCUT2D eigenvalue weighted by Gasteiger charge is -2.10. The summed E-state index contributed by atoms with van der Waals surface area (Å²) in [5, 5.41) is 3.04. The van der Waals surface area contributed by atoms with Gasteiger partial charge in [-0.2, -0.15) is 0 Å². The van der Waals surface area contributed by atoms with E-state index in [1.165, 1.54) is 6.07 Å². The summed E-state index contributed by atoms with van der Waals surface area (Å²) in [6, 6.07) is 10.1. The Labute approximate surface area is 105 Å². The third-order valence-corrected chi connectivity index (χ3v) is 2.92. The first-order valence-corrected chi connectivity index (χ1v) is 5.82. The number of hydrogen-bond acceptors (Lipinski definition) is 1. The molecule has 0 aliphatic rings. The lowest BCUT2D eigenvalue weighted by molar-refractivity contribution is 0.511. The van der Waals surface area contributed by atoms with E-state index in [1.807, 2.05) is 32.2 Å². The van der Waals surface area contributed by atoms with Crippen molar-refractivity contribution >= 4 is 0 Å². The molecule has 94 valence electrons. The summed E-state index contributed by atoms with van der Waals surface area (Å²) < 4.78 is 27.1. The molecule has 0 amide bonds. The normalized spacial score (nSPS) is 10.7. The molecular formula is C15H15F2N. The number of rotatable bonds is 3. The van der Waals surface area contributed by atoms with Crippen LogP contribution in [-0.2, 0) is 6.54 Å². The maximum absolute atomic E-state index is 13.8. The number of nitrogens with one attached hydrogen (secondary N) is 1. The molecule has 0 unspecified atom stereocenters. The topological polar surface area (TPSA) is 12.0 Å². The fourth-order valence-electron chi connectivity index (χ4n) is 1.99. The molecule has 3 heteroatoms. The first kappa shape index (κ1) is 12.7. The number of halogens is 2. The summed E-state index contributed by atoms with van der Waals surface area (Å²) in [6.07, 6.45) is 0. The molecule has 0 aromatic heterocycles. The Morgan fingerprint density at radius 2 is 1.83 bits per heavy atom. The van der Waals surface area contributed by atoms with Crippen LogP contribution < -0.4 is 5.32 Å². The van der Waals surface area contributed by atoms with E-state index in [-0.39, 0.29) is 0 Å². The van der Waals surface area contributed by atoms with E-state index in [9.17, 15) is 8.78 Å². The molecule has 0 heterocycles. The van der Waals surface area contributed by atoms with E-state index in [0.29, 0.717) is 12.1 Å². The van der Waals surface area contributed by atoms with Crippen molar-refractivity contribution in [3.63, 3.8) is 0 Å². The summed E-state index contributed by atoms with van der Waals surface area (Å²) in [6.45, 7) is 2.59. The first-order valence-electron chi connectivity index (χ1n) is 5.82. The monoisotopic (exact) mass is 247 g/mol. The van der Waals surface area contributed by atoms with E-state index in [1.54, 1.807) is 6.07 Å². The van der Waals surface area contributed by atoms with Crippen molar-refractivity contribution in [2.75, 3.05) is 7.05 Å². The molecule has 0 atom stereocenters. The van der Waals surface area contributed by atoms with Crippen LogP contribution in [0.15, 0.2) is 36.4 Å². The van der Waals surface area contributed by atoms with Gasteiger partial charge in [-0.1, -0.05) is 24.3 Å². The minimum atomic E-state index is -0.814. The van der Waals surface area contributed by atoms with E-state index in [4.69, 9.17) is 0 Å². The predicted molar refractivity (Wildman–Crippen MR) is 69.3 cm³/mol. The quantitative estimate of drug-likeness (QED) is 0.872. The molecule has 0 radical (unpaired) electrons. The van der Waals surface area contributed by atoms with E-state index < -0.39 is 11.6 Å². The molecule has 2 rings (SSSR count). The third kappa shape index (κ3) is 2.41. The van der Waals surface area contributed by atoms with Crippen LogP contribution in [0, 0.1) is 18.6 Å². The molecule has 18 heavy (non-hydrogen) atoms. The largest absolute Gasteiger partial charge is 0.316 e. The molecule has 2 aromatic carbocycles. The molecular weight excluding hydrogens is 232 g/mol. The number of benzene rings is 2. The second kappa shape index (κ2) is 5.27. The van der Waals surface area contributed by atoms with Crippen LogP contribution >= 0.6 is 0 Å². The van der Waals surface area contributed by atoms with Gasteiger partial charge in [-0.25, -0.2) is 8.78 Å². The average Bonchev–Trinajstić information content (AvgIpc) is 2.36. The summed E-state index contributed by atoms with van der Waals surface area (Å²) in [7, 11) is 1.85. The van der Waals surface area contributed by atoms with Crippen molar-refractivity contribution in [2.24, 2.45) is 0 Å². The standard InChI is InChI=1S/C15H15F2N/c1-10-6-7-11(9-18-2)8-13(10)12-4-3-5-14(16)15(12)17/h3-8,18H,9H2,1-2H3. The van der Waals surface area contributed by atoms with Crippen LogP contribution in [-0.4, -0.2) is 7.05 Å². The summed E-state index contributed by atoms with van der Waals surface area (Å²) in [5.41, 5.74) is 3.02. The predicted octanol–water partition coefficient (Wildman–Crippen LogP) is 3.66. The maximum atomic E-state index is 13.8. The molecule has 0 aliphatic heterocycles. The minimum absolute atomic E-state index is 0.311. The fourth-order valence-corrected chi connectivity index (χ4v) is 1.99. The van der Waals surface area contributed by atoms with Gasteiger partial charge in [0, 0.05) is 12.1 Å². The van der Waals surface area contributed by atoms with Crippen molar-refractivity contribution in [3.8, 4) is 11.1 Å². The molecule has 0 spiro atoms. The van der Waals surface area contributed by atoms with Gasteiger partial charge in [0.25, 0.3) is 0 Å². The molecule has 0 saturated heterocycles. The lowest BCUT2D eigenvalue weighted by Crippen LogP contribution is -2.05. The fraction of sp³-hybridized carbons (Fsp3) is 0.200. The molecule has 0 saturated carbocycles.